The van der Waals surface area contributed by atoms with E-state index in [1.807, 2.05) is 31.3 Å². The number of carboxylic acid groups (broad SMARTS) is 1. The molecule has 128 valence electrons. The molecule has 0 spiro atoms. The Balaban J connectivity index is 1.78. The SMILES string of the molecule is Cc1cccc2c(CC(=O)NC3(C(=O)O)CCCCCC3)c[nH]c12. The van der Waals surface area contributed by atoms with Crippen molar-refractivity contribution in [3.63, 3.8) is 0 Å². The Labute approximate surface area is 141 Å². The molecule has 1 aliphatic carbocycles. The van der Waals surface area contributed by atoms with Gasteiger partial charge in [0.2, 0.25) is 5.91 Å². The number of hydrogen-bond donors (Lipinski definition) is 3. The number of amides is 1. The van der Waals surface area contributed by atoms with Gasteiger partial charge >= 0.3 is 5.97 Å². The second kappa shape index (κ2) is 6.67. The molecular formula is C19H24N2O3. The van der Waals surface area contributed by atoms with E-state index in [1.165, 1.54) is 0 Å². The highest BCUT2D eigenvalue weighted by Crippen LogP contribution is 2.28. The van der Waals surface area contributed by atoms with Crippen LogP contribution in [0, 0.1) is 6.92 Å². The van der Waals surface area contributed by atoms with Crippen LogP contribution in [0.3, 0.4) is 0 Å². The molecule has 0 unspecified atom stereocenters. The highest BCUT2D eigenvalue weighted by atomic mass is 16.4. The highest BCUT2D eigenvalue weighted by molar-refractivity contribution is 5.92. The van der Waals surface area contributed by atoms with Crippen LogP contribution >= 0.6 is 0 Å². The summed E-state index contributed by atoms with van der Waals surface area (Å²) in [6, 6.07) is 5.98. The van der Waals surface area contributed by atoms with Crippen LogP contribution < -0.4 is 5.32 Å². The van der Waals surface area contributed by atoms with Gasteiger partial charge in [0, 0.05) is 17.1 Å². The van der Waals surface area contributed by atoms with Crippen molar-refractivity contribution >= 4 is 22.8 Å². The fraction of sp³-hybridized carbons (Fsp3) is 0.474. The number of para-hydroxylation sites is 1. The van der Waals surface area contributed by atoms with Crippen molar-refractivity contribution in [3.05, 3.63) is 35.5 Å². The van der Waals surface area contributed by atoms with Crippen molar-refractivity contribution < 1.29 is 14.7 Å². The topological polar surface area (TPSA) is 82.2 Å². The number of carbonyl (C=O) groups excluding carboxylic acids is 1. The molecule has 1 saturated carbocycles. The van der Waals surface area contributed by atoms with Crippen molar-refractivity contribution in [2.24, 2.45) is 0 Å². The van der Waals surface area contributed by atoms with E-state index < -0.39 is 11.5 Å². The van der Waals surface area contributed by atoms with Crippen molar-refractivity contribution in [1.29, 1.82) is 0 Å². The number of hydrogen-bond acceptors (Lipinski definition) is 2. The zero-order chi connectivity index (χ0) is 17.2. The fourth-order valence-electron chi connectivity index (χ4n) is 3.72. The molecule has 24 heavy (non-hydrogen) atoms. The highest BCUT2D eigenvalue weighted by Gasteiger charge is 2.39. The average Bonchev–Trinajstić information content (AvgIpc) is 2.79. The van der Waals surface area contributed by atoms with Gasteiger partial charge in [-0.1, -0.05) is 43.9 Å². The standard InChI is InChI=1S/C19H24N2O3/c1-13-7-6-8-15-14(12-20-17(13)15)11-16(22)21-19(18(23)24)9-4-2-3-5-10-19/h6-8,12,20H,2-5,9-11H2,1H3,(H,21,22)(H,23,24). The largest absolute Gasteiger partial charge is 0.480 e. The van der Waals surface area contributed by atoms with E-state index in [0.717, 1.165) is 47.7 Å². The first kappa shape index (κ1) is 16.6. The summed E-state index contributed by atoms with van der Waals surface area (Å²) in [5, 5.41) is 13.5. The van der Waals surface area contributed by atoms with E-state index in [4.69, 9.17) is 0 Å². The van der Waals surface area contributed by atoms with Gasteiger partial charge in [-0.15, -0.1) is 0 Å². The van der Waals surface area contributed by atoms with Crippen LogP contribution in [0.25, 0.3) is 10.9 Å². The first-order chi connectivity index (χ1) is 11.5. The van der Waals surface area contributed by atoms with Gasteiger partial charge in [-0.25, -0.2) is 4.79 Å². The number of nitrogens with one attached hydrogen (secondary N) is 2. The summed E-state index contributed by atoms with van der Waals surface area (Å²) in [5.41, 5.74) is 1.96. The fourth-order valence-corrected chi connectivity index (χ4v) is 3.72. The zero-order valence-electron chi connectivity index (χ0n) is 14.0. The monoisotopic (exact) mass is 328 g/mol. The van der Waals surface area contributed by atoms with E-state index in [1.54, 1.807) is 0 Å². The lowest BCUT2D eigenvalue weighted by Crippen LogP contribution is -2.54. The lowest BCUT2D eigenvalue weighted by Gasteiger charge is -2.29. The van der Waals surface area contributed by atoms with Gasteiger partial charge in [0.05, 0.1) is 6.42 Å². The van der Waals surface area contributed by atoms with Gasteiger partial charge in [-0.3, -0.25) is 4.79 Å². The Hall–Kier alpha value is -2.30. The van der Waals surface area contributed by atoms with E-state index in [9.17, 15) is 14.7 Å². The molecule has 1 heterocycles. The summed E-state index contributed by atoms with van der Waals surface area (Å²) in [4.78, 5) is 27.6. The quantitative estimate of drug-likeness (QED) is 0.753. The molecule has 0 aliphatic heterocycles. The predicted molar refractivity (Wildman–Crippen MR) is 93.0 cm³/mol. The second-order valence-electron chi connectivity index (χ2n) is 6.84. The van der Waals surface area contributed by atoms with E-state index in [2.05, 4.69) is 10.3 Å². The molecule has 1 aromatic heterocycles. The molecule has 3 N–H and O–H groups in total. The van der Waals surface area contributed by atoms with Crippen molar-refractivity contribution in [2.45, 2.75) is 57.4 Å². The van der Waals surface area contributed by atoms with Crippen LogP contribution in [0.15, 0.2) is 24.4 Å². The third kappa shape index (κ3) is 3.16. The van der Waals surface area contributed by atoms with E-state index in [-0.39, 0.29) is 12.3 Å². The minimum Gasteiger partial charge on any atom is -0.480 e. The maximum atomic E-state index is 12.5. The molecule has 1 amide bonds. The van der Waals surface area contributed by atoms with Crippen LogP contribution in [0.4, 0.5) is 0 Å². The zero-order valence-corrected chi connectivity index (χ0v) is 14.0. The predicted octanol–water partition coefficient (Wildman–Crippen LogP) is 3.31. The van der Waals surface area contributed by atoms with Gasteiger partial charge in [-0.05, 0) is 30.9 Å². The van der Waals surface area contributed by atoms with Crippen LogP contribution in [-0.2, 0) is 16.0 Å². The number of rotatable bonds is 4. The molecule has 0 atom stereocenters. The van der Waals surface area contributed by atoms with Gasteiger partial charge in [-0.2, -0.15) is 0 Å². The number of benzene rings is 1. The molecule has 1 aromatic carbocycles. The molecule has 2 aromatic rings. The average molecular weight is 328 g/mol. The number of carbonyl (C=O) groups is 2. The molecule has 1 aliphatic rings. The maximum Gasteiger partial charge on any atom is 0.329 e. The van der Waals surface area contributed by atoms with Gasteiger partial charge in [0.1, 0.15) is 5.54 Å². The first-order valence-corrected chi connectivity index (χ1v) is 8.62. The molecule has 1 fully saturated rings. The van der Waals surface area contributed by atoms with Crippen molar-refractivity contribution in [3.8, 4) is 0 Å². The number of carboxylic acids is 1. The second-order valence-corrected chi connectivity index (χ2v) is 6.84. The first-order valence-electron chi connectivity index (χ1n) is 8.62. The van der Waals surface area contributed by atoms with Gasteiger partial charge < -0.3 is 15.4 Å². The molecule has 0 saturated heterocycles. The lowest BCUT2D eigenvalue weighted by atomic mass is 9.90. The Morgan fingerprint density at radius 3 is 2.58 bits per heavy atom. The van der Waals surface area contributed by atoms with Crippen molar-refractivity contribution in [1.82, 2.24) is 10.3 Å². The Kier molecular flexibility index (Phi) is 4.60. The molecule has 5 heteroatoms. The van der Waals surface area contributed by atoms with E-state index >= 15 is 0 Å². The number of aliphatic carboxylic acids is 1. The summed E-state index contributed by atoms with van der Waals surface area (Å²) in [6.45, 7) is 2.02. The normalized spacial score (nSPS) is 17.4. The molecule has 0 bridgehead atoms. The minimum absolute atomic E-state index is 0.193. The number of H-pyrrole nitrogens is 1. The van der Waals surface area contributed by atoms with E-state index in [0.29, 0.717) is 12.8 Å². The number of fused-ring (bicyclic) bond motifs is 1. The summed E-state index contributed by atoms with van der Waals surface area (Å²) >= 11 is 0. The molecule has 0 radical (unpaired) electrons. The van der Waals surface area contributed by atoms with Crippen LogP contribution in [0.1, 0.15) is 49.7 Å². The summed E-state index contributed by atoms with van der Waals surface area (Å²) in [7, 11) is 0. The third-order valence-electron chi connectivity index (χ3n) is 5.11. The smallest absolute Gasteiger partial charge is 0.329 e. The van der Waals surface area contributed by atoms with Gasteiger partial charge in [0.25, 0.3) is 0 Å². The summed E-state index contributed by atoms with van der Waals surface area (Å²) < 4.78 is 0. The third-order valence-corrected chi connectivity index (χ3v) is 5.11. The summed E-state index contributed by atoms with van der Waals surface area (Å²) in [5.74, 6) is -1.13. The lowest BCUT2D eigenvalue weighted by molar-refractivity contribution is -0.148. The Morgan fingerprint density at radius 2 is 1.92 bits per heavy atom. The Bertz CT molecular complexity index is 755. The number of aryl methyl sites for hydroxylation is 1. The van der Waals surface area contributed by atoms with Crippen LogP contribution in [-0.4, -0.2) is 27.5 Å². The van der Waals surface area contributed by atoms with Crippen LogP contribution in [0.5, 0.6) is 0 Å². The minimum atomic E-state index is -1.10. The molecular weight excluding hydrogens is 304 g/mol. The molecule has 3 rings (SSSR count). The number of aromatic amines is 1. The van der Waals surface area contributed by atoms with Gasteiger partial charge in [0.15, 0.2) is 0 Å². The van der Waals surface area contributed by atoms with Crippen molar-refractivity contribution in [2.75, 3.05) is 0 Å². The Morgan fingerprint density at radius 1 is 1.21 bits per heavy atom. The summed E-state index contributed by atoms with van der Waals surface area (Å²) in [6.07, 6.45) is 6.83. The maximum absolute atomic E-state index is 12.5. The number of aromatic nitrogens is 1. The molecule has 5 nitrogen and oxygen atoms in total. The van der Waals surface area contributed by atoms with Crippen LogP contribution in [0.2, 0.25) is 0 Å².